The highest BCUT2D eigenvalue weighted by Gasteiger charge is 2.10. The fourth-order valence-corrected chi connectivity index (χ4v) is 2.30. The molecule has 0 saturated carbocycles. The number of nitrogens with zero attached hydrogens (tertiary/aromatic N) is 1. The van der Waals surface area contributed by atoms with Crippen LogP contribution in [0.15, 0.2) is 59.1 Å². The molecule has 1 heterocycles. The van der Waals surface area contributed by atoms with Crippen LogP contribution < -0.4 is 15.4 Å². The van der Waals surface area contributed by atoms with E-state index in [0.717, 1.165) is 0 Å². The summed E-state index contributed by atoms with van der Waals surface area (Å²) in [6.45, 7) is 1.78. The fraction of sp³-hybridized carbons (Fsp3) is 0.111. The Morgan fingerprint density at radius 3 is 2.72 bits per heavy atom. The highest BCUT2D eigenvalue weighted by atomic mass is 35.5. The predicted molar refractivity (Wildman–Crippen MR) is 96.3 cm³/mol. The molecule has 3 aromatic rings. The van der Waals surface area contributed by atoms with Gasteiger partial charge in [-0.05, 0) is 37.3 Å². The number of hydrogen-bond donors (Lipinski definition) is 2. The minimum atomic E-state index is -0.265. The van der Waals surface area contributed by atoms with Crippen LogP contribution in [0.1, 0.15) is 5.76 Å². The average molecular weight is 358 g/mol. The number of carbonyl (C=O) groups is 1. The second-order valence-corrected chi connectivity index (χ2v) is 5.72. The Morgan fingerprint density at radius 2 is 2.00 bits per heavy atom. The molecule has 0 aliphatic rings. The topological polar surface area (TPSA) is 76.4 Å². The van der Waals surface area contributed by atoms with Crippen molar-refractivity contribution in [2.45, 2.75) is 6.92 Å². The molecule has 0 fully saturated rings. The molecule has 2 N–H and O–H groups in total. The van der Waals surface area contributed by atoms with E-state index >= 15 is 0 Å². The largest absolute Gasteiger partial charge is 0.455 e. The number of anilines is 2. The lowest BCUT2D eigenvalue weighted by Crippen LogP contribution is -2.22. The minimum Gasteiger partial charge on any atom is -0.455 e. The van der Waals surface area contributed by atoms with Crippen molar-refractivity contribution in [3.05, 3.63) is 65.4 Å². The van der Waals surface area contributed by atoms with Crippen molar-refractivity contribution < 1.29 is 14.1 Å². The van der Waals surface area contributed by atoms with E-state index in [1.807, 2.05) is 30.3 Å². The molecule has 1 aromatic heterocycles. The van der Waals surface area contributed by atoms with E-state index in [4.69, 9.17) is 20.9 Å². The van der Waals surface area contributed by atoms with Crippen LogP contribution in [0.4, 0.5) is 11.5 Å². The smallest absolute Gasteiger partial charge is 0.244 e. The Balaban J connectivity index is 1.66. The van der Waals surface area contributed by atoms with Gasteiger partial charge in [-0.3, -0.25) is 4.79 Å². The van der Waals surface area contributed by atoms with Crippen molar-refractivity contribution in [1.82, 2.24) is 5.16 Å². The number of benzene rings is 2. The Kier molecular flexibility index (Phi) is 5.20. The number of aromatic nitrogens is 1. The third-order valence-corrected chi connectivity index (χ3v) is 3.48. The summed E-state index contributed by atoms with van der Waals surface area (Å²) in [6.07, 6.45) is 0. The molecule has 0 radical (unpaired) electrons. The number of nitrogens with one attached hydrogen (secondary N) is 2. The fourth-order valence-electron chi connectivity index (χ4n) is 2.13. The van der Waals surface area contributed by atoms with E-state index in [1.165, 1.54) is 0 Å². The van der Waals surface area contributed by atoms with Gasteiger partial charge in [-0.25, -0.2) is 0 Å². The molecule has 0 unspecified atom stereocenters. The lowest BCUT2D eigenvalue weighted by atomic mass is 10.2. The Bertz CT molecular complexity index is 865. The van der Waals surface area contributed by atoms with Crippen LogP contribution in [0.25, 0.3) is 0 Å². The lowest BCUT2D eigenvalue weighted by Gasteiger charge is -2.13. The van der Waals surface area contributed by atoms with Gasteiger partial charge in [0, 0.05) is 11.1 Å². The summed E-state index contributed by atoms with van der Waals surface area (Å²) in [5.41, 5.74) is 0.614. The first-order valence-corrected chi connectivity index (χ1v) is 7.97. The average Bonchev–Trinajstić information content (AvgIpc) is 3.01. The standard InChI is InChI=1S/C18H16ClN3O3/c1-12-9-17(22-25-12)21-18(23)11-20-15-10-13(19)7-8-16(15)24-14-5-3-2-4-6-14/h2-10,20H,11H2,1H3,(H,21,22,23). The minimum absolute atomic E-state index is 0.0252. The van der Waals surface area contributed by atoms with E-state index < -0.39 is 0 Å². The maximum absolute atomic E-state index is 12.0. The summed E-state index contributed by atoms with van der Waals surface area (Å²) in [5.74, 6) is 1.99. The molecule has 2 aromatic carbocycles. The van der Waals surface area contributed by atoms with Gasteiger partial charge < -0.3 is 19.9 Å². The van der Waals surface area contributed by atoms with Crippen LogP contribution in [0.5, 0.6) is 11.5 Å². The first-order valence-electron chi connectivity index (χ1n) is 7.59. The van der Waals surface area contributed by atoms with Gasteiger partial charge in [0.1, 0.15) is 11.5 Å². The van der Waals surface area contributed by atoms with Crippen LogP contribution in [0, 0.1) is 6.92 Å². The molecule has 0 atom stereocenters. The summed E-state index contributed by atoms with van der Waals surface area (Å²) < 4.78 is 10.7. The second kappa shape index (κ2) is 7.72. The van der Waals surface area contributed by atoms with Crippen LogP contribution in [-0.2, 0) is 4.79 Å². The molecule has 0 saturated heterocycles. The summed E-state index contributed by atoms with van der Waals surface area (Å²) in [4.78, 5) is 12.0. The molecule has 25 heavy (non-hydrogen) atoms. The molecule has 0 aliphatic heterocycles. The van der Waals surface area contributed by atoms with Gasteiger partial charge in [0.15, 0.2) is 11.6 Å². The number of para-hydroxylation sites is 1. The summed E-state index contributed by atoms with van der Waals surface area (Å²) in [7, 11) is 0. The van der Waals surface area contributed by atoms with Gasteiger partial charge in [0.2, 0.25) is 5.91 Å². The summed E-state index contributed by atoms with van der Waals surface area (Å²) in [5, 5.41) is 9.91. The SMILES string of the molecule is Cc1cc(NC(=O)CNc2cc(Cl)ccc2Oc2ccccc2)no1. The maximum atomic E-state index is 12.0. The van der Waals surface area contributed by atoms with Crippen LogP contribution in [0.3, 0.4) is 0 Å². The van der Waals surface area contributed by atoms with Crippen molar-refractivity contribution in [2.75, 3.05) is 17.2 Å². The van der Waals surface area contributed by atoms with Gasteiger partial charge in [-0.15, -0.1) is 0 Å². The number of rotatable bonds is 6. The molecular weight excluding hydrogens is 342 g/mol. The molecule has 7 heteroatoms. The van der Waals surface area contributed by atoms with Gasteiger partial charge >= 0.3 is 0 Å². The number of amides is 1. The van der Waals surface area contributed by atoms with Crippen LogP contribution in [-0.4, -0.2) is 17.6 Å². The van der Waals surface area contributed by atoms with E-state index in [-0.39, 0.29) is 12.5 Å². The van der Waals surface area contributed by atoms with E-state index in [9.17, 15) is 4.79 Å². The van der Waals surface area contributed by atoms with Gasteiger partial charge in [0.05, 0.1) is 12.2 Å². The zero-order valence-electron chi connectivity index (χ0n) is 13.5. The second-order valence-electron chi connectivity index (χ2n) is 5.28. The quantitative estimate of drug-likeness (QED) is 0.680. The van der Waals surface area contributed by atoms with Gasteiger partial charge in [-0.2, -0.15) is 0 Å². The molecule has 0 bridgehead atoms. The molecule has 0 spiro atoms. The van der Waals surface area contributed by atoms with Crippen molar-refractivity contribution >= 4 is 29.0 Å². The first kappa shape index (κ1) is 16.9. The predicted octanol–water partition coefficient (Wildman–Crippen LogP) is 4.48. The Labute approximate surface area is 149 Å². The van der Waals surface area contributed by atoms with Crippen molar-refractivity contribution in [3.63, 3.8) is 0 Å². The third kappa shape index (κ3) is 4.74. The van der Waals surface area contributed by atoms with Crippen LogP contribution >= 0.6 is 11.6 Å². The van der Waals surface area contributed by atoms with E-state index in [0.29, 0.717) is 33.8 Å². The zero-order chi connectivity index (χ0) is 17.6. The molecular formula is C18H16ClN3O3. The molecule has 3 rings (SSSR count). The van der Waals surface area contributed by atoms with Crippen molar-refractivity contribution in [2.24, 2.45) is 0 Å². The molecule has 0 aliphatic carbocycles. The van der Waals surface area contributed by atoms with Gasteiger partial charge in [0.25, 0.3) is 0 Å². The number of aryl methyl sites for hydroxylation is 1. The molecule has 128 valence electrons. The number of halogens is 1. The molecule has 6 nitrogen and oxygen atoms in total. The third-order valence-electron chi connectivity index (χ3n) is 3.25. The van der Waals surface area contributed by atoms with Crippen molar-refractivity contribution in [3.8, 4) is 11.5 Å². The monoisotopic (exact) mass is 357 g/mol. The van der Waals surface area contributed by atoms with Gasteiger partial charge in [-0.1, -0.05) is 35.0 Å². The maximum Gasteiger partial charge on any atom is 0.244 e. The van der Waals surface area contributed by atoms with Crippen LogP contribution in [0.2, 0.25) is 5.02 Å². The number of hydrogen-bond acceptors (Lipinski definition) is 5. The Hall–Kier alpha value is -2.99. The number of ether oxygens (including phenoxy) is 1. The number of carbonyl (C=O) groups excluding carboxylic acids is 1. The Morgan fingerprint density at radius 1 is 1.20 bits per heavy atom. The van der Waals surface area contributed by atoms with Crippen molar-refractivity contribution in [1.29, 1.82) is 0 Å². The zero-order valence-corrected chi connectivity index (χ0v) is 14.2. The first-order chi connectivity index (χ1) is 12.1. The van der Waals surface area contributed by atoms with E-state index in [1.54, 1.807) is 31.2 Å². The highest BCUT2D eigenvalue weighted by Crippen LogP contribution is 2.31. The van der Waals surface area contributed by atoms with E-state index in [2.05, 4.69) is 15.8 Å². The summed E-state index contributed by atoms with van der Waals surface area (Å²) in [6, 6.07) is 16.2. The summed E-state index contributed by atoms with van der Waals surface area (Å²) >= 11 is 6.05. The molecule has 1 amide bonds. The normalized spacial score (nSPS) is 10.3. The highest BCUT2D eigenvalue weighted by molar-refractivity contribution is 6.31. The lowest BCUT2D eigenvalue weighted by molar-refractivity contribution is -0.114.